The zero-order valence-electron chi connectivity index (χ0n) is 30.4. The van der Waals surface area contributed by atoms with E-state index in [1.165, 1.54) is 10.9 Å². The summed E-state index contributed by atoms with van der Waals surface area (Å²) in [5.74, 6) is -0.898. The van der Waals surface area contributed by atoms with Crippen molar-refractivity contribution < 1.29 is 19.1 Å². The van der Waals surface area contributed by atoms with Crippen molar-refractivity contribution in [3.63, 3.8) is 0 Å². The van der Waals surface area contributed by atoms with Crippen LogP contribution < -0.4 is 5.32 Å². The first kappa shape index (κ1) is 34.5. The van der Waals surface area contributed by atoms with E-state index in [9.17, 15) is 9.59 Å². The second-order valence-corrected chi connectivity index (χ2v) is 13.5. The third-order valence-corrected chi connectivity index (χ3v) is 10.2. The van der Waals surface area contributed by atoms with E-state index in [2.05, 4.69) is 117 Å². The Kier molecular flexibility index (Phi) is 9.53. The first-order valence-electron chi connectivity index (χ1n) is 18.1. The Balaban J connectivity index is 1.39. The second-order valence-electron chi connectivity index (χ2n) is 13.5. The monoisotopic (exact) mass is 685 g/mol. The topological polar surface area (TPSA) is 64.6 Å². The molecule has 0 aliphatic heterocycles. The Morgan fingerprint density at radius 3 is 1.52 bits per heavy atom. The van der Waals surface area contributed by atoms with E-state index in [4.69, 9.17) is 9.47 Å². The molecular formula is C47H43NO4. The van der Waals surface area contributed by atoms with Crippen molar-refractivity contribution in [2.45, 2.75) is 46.6 Å². The normalized spacial score (nSPS) is 12.5. The van der Waals surface area contributed by atoms with E-state index >= 15 is 0 Å². The van der Waals surface area contributed by atoms with Crippen molar-refractivity contribution in [1.29, 1.82) is 0 Å². The fourth-order valence-electron chi connectivity index (χ4n) is 7.25. The lowest BCUT2D eigenvalue weighted by Gasteiger charge is -2.32. The van der Waals surface area contributed by atoms with Gasteiger partial charge >= 0.3 is 11.9 Å². The van der Waals surface area contributed by atoms with Gasteiger partial charge in [-0.25, -0.2) is 9.59 Å². The highest BCUT2D eigenvalue weighted by atomic mass is 16.5. The number of esters is 2. The molecule has 1 N–H and O–H groups in total. The predicted octanol–water partition coefficient (Wildman–Crippen LogP) is 11.9. The molecule has 7 aromatic rings. The first-order chi connectivity index (χ1) is 25.2. The van der Waals surface area contributed by atoms with Crippen LogP contribution in [0.5, 0.6) is 0 Å². The van der Waals surface area contributed by atoms with E-state index in [0.29, 0.717) is 22.3 Å². The Hall–Kier alpha value is -5.94. The number of hydrogen-bond acceptors (Lipinski definition) is 5. The zero-order valence-corrected chi connectivity index (χ0v) is 30.4. The molecule has 52 heavy (non-hydrogen) atoms. The smallest absolute Gasteiger partial charge is 0.338 e. The van der Waals surface area contributed by atoms with Gasteiger partial charge in [-0.1, -0.05) is 110 Å². The van der Waals surface area contributed by atoms with E-state index in [-0.39, 0.29) is 18.8 Å². The van der Waals surface area contributed by atoms with Crippen LogP contribution in [0.15, 0.2) is 127 Å². The van der Waals surface area contributed by atoms with Crippen molar-refractivity contribution in [1.82, 2.24) is 0 Å². The predicted molar refractivity (Wildman–Crippen MR) is 214 cm³/mol. The molecule has 1 unspecified atom stereocenters. The molecule has 7 rings (SSSR count). The van der Waals surface area contributed by atoms with Gasteiger partial charge in [-0.2, -0.15) is 0 Å². The minimum atomic E-state index is -0.449. The number of hydrogen-bond donors (Lipinski definition) is 1. The highest BCUT2D eigenvalue weighted by Crippen LogP contribution is 2.40. The third-order valence-electron chi connectivity index (χ3n) is 10.2. The summed E-state index contributed by atoms with van der Waals surface area (Å²) in [7, 11) is 0. The quantitative estimate of drug-likeness (QED) is 0.115. The number of nitrogens with one attached hydrogen (secondary N) is 1. The van der Waals surface area contributed by atoms with E-state index in [1.807, 2.05) is 24.3 Å². The van der Waals surface area contributed by atoms with Crippen LogP contribution >= 0.6 is 0 Å². The van der Waals surface area contributed by atoms with Gasteiger partial charge < -0.3 is 14.8 Å². The van der Waals surface area contributed by atoms with Gasteiger partial charge in [-0.3, -0.25) is 0 Å². The van der Waals surface area contributed by atoms with Gasteiger partial charge in [0.2, 0.25) is 0 Å². The number of anilines is 1. The lowest BCUT2D eigenvalue weighted by Crippen LogP contribution is -2.31. The number of ether oxygens (including phenoxy) is 2. The van der Waals surface area contributed by atoms with Crippen LogP contribution in [0.3, 0.4) is 0 Å². The number of carbonyl (C=O) groups excluding carboxylic acids is 2. The maximum Gasteiger partial charge on any atom is 0.338 e. The van der Waals surface area contributed by atoms with Crippen molar-refractivity contribution in [3.8, 4) is 22.3 Å². The van der Waals surface area contributed by atoms with Crippen LogP contribution in [0.2, 0.25) is 0 Å². The molecule has 0 saturated heterocycles. The van der Waals surface area contributed by atoms with Gasteiger partial charge in [0.15, 0.2) is 0 Å². The Morgan fingerprint density at radius 2 is 1.02 bits per heavy atom. The molecule has 0 amide bonds. The molecule has 260 valence electrons. The molecule has 0 spiro atoms. The summed E-state index contributed by atoms with van der Waals surface area (Å²) in [5.41, 5.74) is 6.64. The molecule has 0 aromatic heterocycles. The summed E-state index contributed by atoms with van der Waals surface area (Å²) < 4.78 is 11.2. The van der Waals surface area contributed by atoms with Gasteiger partial charge in [0, 0.05) is 5.69 Å². The van der Waals surface area contributed by atoms with Crippen LogP contribution in [0.25, 0.3) is 54.6 Å². The van der Waals surface area contributed by atoms with Crippen LogP contribution in [0, 0.1) is 6.92 Å². The molecule has 0 saturated carbocycles. The summed E-state index contributed by atoms with van der Waals surface area (Å²) in [6.45, 7) is 10.5. The van der Waals surface area contributed by atoms with Crippen molar-refractivity contribution >= 4 is 49.9 Å². The van der Waals surface area contributed by atoms with E-state index in [1.54, 1.807) is 26.0 Å². The summed E-state index contributed by atoms with van der Waals surface area (Å²) >= 11 is 0. The van der Waals surface area contributed by atoms with Gasteiger partial charge in [0.05, 0.1) is 29.9 Å². The molecule has 7 aromatic carbocycles. The molecule has 0 fully saturated rings. The number of fused-ring (bicyclic) bond motifs is 6. The van der Waals surface area contributed by atoms with Gasteiger partial charge in [0.25, 0.3) is 0 Å². The fourth-order valence-corrected chi connectivity index (χ4v) is 7.25. The largest absolute Gasteiger partial charge is 0.462 e. The van der Waals surface area contributed by atoms with Gasteiger partial charge in [-0.15, -0.1) is 0 Å². The number of benzene rings is 7. The average molecular weight is 686 g/mol. The minimum Gasteiger partial charge on any atom is -0.462 e. The average Bonchev–Trinajstić information content (AvgIpc) is 3.18. The first-order valence-corrected chi connectivity index (χ1v) is 18.1. The highest BCUT2D eigenvalue weighted by molar-refractivity contribution is 6.26. The standard InChI is InChI=1S/C47H43NO4/c1-6-47(5,48-34-24-17-30(4)18-25-34)33-22-19-31(20-23-33)40-28-44(46(50)52-8-3)41(29-43(40)45(49)51-7-2)32-21-26-39-37-15-10-9-13-35(37)36-14-11-12-16-38(36)42(39)27-32/h9-29,48H,6-8H2,1-5H3. The summed E-state index contributed by atoms with van der Waals surface area (Å²) in [6.07, 6.45) is 0.854. The number of aryl methyl sites for hydroxylation is 1. The Morgan fingerprint density at radius 1 is 0.558 bits per heavy atom. The molecule has 5 heteroatoms. The SMILES string of the molecule is CCOC(=O)c1cc(-c2ccc3c4ccccc4c4ccccc4c3c2)c(C(=O)OCC)cc1-c1ccc(C(C)(CC)Nc2ccc(C)cc2)cc1. The zero-order chi connectivity index (χ0) is 36.4. The third kappa shape index (κ3) is 6.39. The fraction of sp³-hybridized carbons (Fsp3) is 0.191. The Bertz CT molecular complexity index is 2410. The maximum absolute atomic E-state index is 13.8. The maximum atomic E-state index is 13.8. The molecule has 5 nitrogen and oxygen atoms in total. The molecule has 0 aliphatic rings. The van der Waals surface area contributed by atoms with Gasteiger partial charge in [0.1, 0.15) is 0 Å². The number of carbonyl (C=O) groups is 2. The Labute approximate surface area is 305 Å². The lowest BCUT2D eigenvalue weighted by molar-refractivity contribution is 0.0513. The van der Waals surface area contributed by atoms with Crippen LogP contribution in [0.1, 0.15) is 66.0 Å². The molecule has 1 atom stereocenters. The van der Waals surface area contributed by atoms with Crippen LogP contribution in [-0.2, 0) is 15.0 Å². The van der Waals surface area contributed by atoms with E-state index < -0.39 is 11.9 Å². The van der Waals surface area contributed by atoms with E-state index in [0.717, 1.165) is 55.7 Å². The van der Waals surface area contributed by atoms with Gasteiger partial charge in [-0.05, 0) is 125 Å². The summed E-state index contributed by atoms with van der Waals surface area (Å²) in [6, 6.07) is 43.3. The van der Waals surface area contributed by atoms with Crippen LogP contribution in [-0.4, -0.2) is 25.2 Å². The highest BCUT2D eigenvalue weighted by Gasteiger charge is 2.26. The summed E-state index contributed by atoms with van der Waals surface area (Å²) in [5, 5.41) is 10.5. The second kappa shape index (κ2) is 14.4. The molecule has 0 aliphatic carbocycles. The van der Waals surface area contributed by atoms with Crippen molar-refractivity contribution in [3.05, 3.63) is 150 Å². The summed E-state index contributed by atoms with van der Waals surface area (Å²) in [4.78, 5) is 27.5. The molecule has 0 bridgehead atoms. The molecule has 0 heterocycles. The van der Waals surface area contributed by atoms with Crippen LogP contribution in [0.4, 0.5) is 5.69 Å². The number of rotatable bonds is 10. The molecular weight excluding hydrogens is 643 g/mol. The minimum absolute atomic E-state index is 0.222. The van der Waals surface area contributed by atoms with Crippen molar-refractivity contribution in [2.75, 3.05) is 18.5 Å². The molecule has 0 radical (unpaired) electrons. The van der Waals surface area contributed by atoms with Crippen molar-refractivity contribution in [2.24, 2.45) is 0 Å². The lowest BCUT2D eigenvalue weighted by atomic mass is 9.86.